The van der Waals surface area contributed by atoms with Crippen LogP contribution in [-0.4, -0.2) is 48.6 Å². The first-order valence-electron chi connectivity index (χ1n) is 6.80. The predicted molar refractivity (Wildman–Crippen MR) is 75.8 cm³/mol. The van der Waals surface area contributed by atoms with E-state index < -0.39 is 0 Å². The van der Waals surface area contributed by atoms with Crippen molar-refractivity contribution >= 4 is 12.6 Å². The Labute approximate surface area is 120 Å². The van der Waals surface area contributed by atoms with Crippen molar-refractivity contribution in [1.29, 1.82) is 0 Å². The minimum absolute atomic E-state index is 0.297. The molecule has 112 valence electrons. The van der Waals surface area contributed by atoms with Gasteiger partial charge in [-0.3, -0.25) is 4.68 Å². The van der Waals surface area contributed by atoms with Gasteiger partial charge >= 0.3 is 7.12 Å². The van der Waals surface area contributed by atoms with Gasteiger partial charge in [-0.2, -0.15) is 5.10 Å². The van der Waals surface area contributed by atoms with Crippen LogP contribution in [0.3, 0.4) is 0 Å². The lowest BCUT2D eigenvalue weighted by Gasteiger charge is -2.32. The maximum absolute atomic E-state index is 5.98. The van der Waals surface area contributed by atoms with Crippen LogP contribution in [0, 0.1) is 0 Å². The van der Waals surface area contributed by atoms with E-state index in [2.05, 4.69) is 5.10 Å². The van der Waals surface area contributed by atoms with Gasteiger partial charge in [-0.05, 0) is 27.7 Å². The number of aromatic nitrogens is 2. The summed E-state index contributed by atoms with van der Waals surface area (Å²) in [6.07, 6.45) is 3.71. The fourth-order valence-electron chi connectivity index (χ4n) is 1.90. The molecular weight excluding hydrogens is 259 g/mol. The highest BCUT2D eigenvalue weighted by Gasteiger charge is 2.52. The Hall–Kier alpha value is -0.885. The van der Waals surface area contributed by atoms with Crippen molar-refractivity contribution < 1.29 is 18.8 Å². The van der Waals surface area contributed by atoms with E-state index in [0.29, 0.717) is 19.9 Å². The Morgan fingerprint density at radius 2 is 1.90 bits per heavy atom. The van der Waals surface area contributed by atoms with E-state index in [1.807, 2.05) is 38.6 Å². The highest BCUT2D eigenvalue weighted by molar-refractivity contribution is 6.61. The van der Waals surface area contributed by atoms with Crippen molar-refractivity contribution in [3.05, 3.63) is 12.4 Å². The van der Waals surface area contributed by atoms with Crippen molar-refractivity contribution in [3.8, 4) is 0 Å². The van der Waals surface area contributed by atoms with Crippen LogP contribution >= 0.6 is 0 Å². The Morgan fingerprint density at radius 3 is 2.50 bits per heavy atom. The third-order valence-electron chi connectivity index (χ3n) is 3.84. The third kappa shape index (κ3) is 3.23. The number of nitrogens with zero attached hydrogens (tertiary/aromatic N) is 2. The molecule has 1 aliphatic heterocycles. The van der Waals surface area contributed by atoms with Gasteiger partial charge in [0.05, 0.1) is 24.4 Å². The van der Waals surface area contributed by atoms with Crippen LogP contribution in [0.2, 0.25) is 0 Å². The highest BCUT2D eigenvalue weighted by atomic mass is 16.7. The average molecular weight is 282 g/mol. The molecule has 0 spiro atoms. The van der Waals surface area contributed by atoms with Crippen LogP contribution in [0.25, 0.3) is 0 Å². The van der Waals surface area contributed by atoms with E-state index in [1.165, 1.54) is 0 Å². The zero-order chi connectivity index (χ0) is 14.8. The van der Waals surface area contributed by atoms with E-state index in [0.717, 1.165) is 5.46 Å². The van der Waals surface area contributed by atoms with Gasteiger partial charge in [-0.15, -0.1) is 0 Å². The SMILES string of the molecule is COCOCCn1cc(B2OC(C)(C)C(C)(C)O2)cn1. The van der Waals surface area contributed by atoms with Gasteiger partial charge in [0.15, 0.2) is 0 Å². The largest absolute Gasteiger partial charge is 0.498 e. The van der Waals surface area contributed by atoms with Crippen LogP contribution in [0.4, 0.5) is 0 Å². The second-order valence-corrected chi connectivity index (χ2v) is 5.94. The standard InChI is InChI=1S/C13H23BN2O4/c1-12(2)13(3,4)20-14(19-12)11-8-15-16(9-11)6-7-18-10-17-5/h8-9H,6-7,10H2,1-5H3. The summed E-state index contributed by atoms with van der Waals surface area (Å²) in [6.45, 7) is 9.67. The van der Waals surface area contributed by atoms with Crippen molar-refractivity contribution in [1.82, 2.24) is 9.78 Å². The summed E-state index contributed by atoms with van der Waals surface area (Å²) in [5, 5.41) is 4.29. The zero-order valence-corrected chi connectivity index (χ0v) is 12.9. The molecule has 2 rings (SSSR count). The summed E-state index contributed by atoms with van der Waals surface area (Å²) in [7, 11) is 1.23. The lowest BCUT2D eigenvalue weighted by atomic mass is 9.82. The Kier molecular flexibility index (Phi) is 4.54. The van der Waals surface area contributed by atoms with Gasteiger partial charge in [-0.25, -0.2) is 0 Å². The molecule has 2 heterocycles. The molecule has 0 bridgehead atoms. The molecule has 1 aromatic heterocycles. The number of hydrogen-bond acceptors (Lipinski definition) is 5. The first kappa shape index (κ1) is 15.5. The molecule has 20 heavy (non-hydrogen) atoms. The lowest BCUT2D eigenvalue weighted by Crippen LogP contribution is -2.41. The molecule has 0 saturated carbocycles. The summed E-state index contributed by atoms with van der Waals surface area (Å²) in [6, 6.07) is 0. The van der Waals surface area contributed by atoms with Gasteiger partial charge in [0, 0.05) is 25.0 Å². The van der Waals surface area contributed by atoms with E-state index >= 15 is 0 Å². The summed E-state index contributed by atoms with van der Waals surface area (Å²) < 4.78 is 23.8. The van der Waals surface area contributed by atoms with Crippen LogP contribution in [0.5, 0.6) is 0 Å². The van der Waals surface area contributed by atoms with Crippen molar-refractivity contribution in [2.45, 2.75) is 45.4 Å². The molecule has 0 N–H and O–H groups in total. The molecule has 7 heteroatoms. The summed E-state index contributed by atoms with van der Waals surface area (Å²) in [5.41, 5.74) is 0.262. The molecule has 0 aromatic carbocycles. The van der Waals surface area contributed by atoms with E-state index in [9.17, 15) is 0 Å². The van der Waals surface area contributed by atoms with Gasteiger partial charge in [0.25, 0.3) is 0 Å². The maximum Gasteiger partial charge on any atom is 0.498 e. The normalized spacial score (nSPS) is 20.6. The molecule has 6 nitrogen and oxygen atoms in total. The van der Waals surface area contributed by atoms with Crippen LogP contribution < -0.4 is 5.46 Å². The molecule has 0 aliphatic carbocycles. The molecular formula is C13H23BN2O4. The quantitative estimate of drug-likeness (QED) is 0.439. The molecule has 0 amide bonds. The van der Waals surface area contributed by atoms with Crippen molar-refractivity contribution in [2.24, 2.45) is 0 Å². The third-order valence-corrected chi connectivity index (χ3v) is 3.84. The predicted octanol–water partition coefficient (Wildman–Crippen LogP) is 0.803. The fraction of sp³-hybridized carbons (Fsp3) is 0.769. The molecule has 1 aliphatic rings. The second-order valence-electron chi connectivity index (χ2n) is 5.94. The molecule has 1 saturated heterocycles. The van der Waals surface area contributed by atoms with E-state index in [1.54, 1.807) is 13.3 Å². The van der Waals surface area contributed by atoms with Crippen LogP contribution in [0.15, 0.2) is 12.4 Å². The number of ether oxygens (including phenoxy) is 2. The van der Waals surface area contributed by atoms with E-state index in [4.69, 9.17) is 18.8 Å². The monoisotopic (exact) mass is 282 g/mol. The van der Waals surface area contributed by atoms with Crippen molar-refractivity contribution in [2.75, 3.05) is 20.5 Å². The van der Waals surface area contributed by atoms with E-state index in [-0.39, 0.29) is 18.3 Å². The van der Waals surface area contributed by atoms with Crippen LogP contribution in [0.1, 0.15) is 27.7 Å². The Bertz CT molecular complexity index is 431. The molecule has 0 unspecified atom stereocenters. The van der Waals surface area contributed by atoms with Gasteiger partial charge in [0.2, 0.25) is 0 Å². The highest BCUT2D eigenvalue weighted by Crippen LogP contribution is 2.36. The summed E-state index contributed by atoms with van der Waals surface area (Å²) in [4.78, 5) is 0. The fourth-order valence-corrected chi connectivity index (χ4v) is 1.90. The first-order chi connectivity index (χ1) is 9.36. The minimum atomic E-state index is -0.367. The molecule has 0 radical (unpaired) electrons. The minimum Gasteiger partial charge on any atom is -0.399 e. The Balaban J connectivity index is 1.93. The van der Waals surface area contributed by atoms with Gasteiger partial charge < -0.3 is 18.8 Å². The summed E-state index contributed by atoms with van der Waals surface area (Å²) >= 11 is 0. The molecule has 1 aromatic rings. The Morgan fingerprint density at radius 1 is 1.25 bits per heavy atom. The first-order valence-corrected chi connectivity index (χ1v) is 6.80. The maximum atomic E-state index is 5.98. The van der Waals surface area contributed by atoms with Crippen LogP contribution in [-0.2, 0) is 25.3 Å². The molecule has 1 fully saturated rings. The average Bonchev–Trinajstić information content (AvgIpc) is 2.89. The summed E-state index contributed by atoms with van der Waals surface area (Å²) in [5.74, 6) is 0. The molecule has 0 atom stereocenters. The number of hydrogen-bond donors (Lipinski definition) is 0. The zero-order valence-electron chi connectivity index (χ0n) is 12.9. The van der Waals surface area contributed by atoms with Gasteiger partial charge in [-0.1, -0.05) is 0 Å². The van der Waals surface area contributed by atoms with Crippen molar-refractivity contribution in [3.63, 3.8) is 0 Å². The topological polar surface area (TPSA) is 54.7 Å². The number of methoxy groups -OCH3 is 1. The van der Waals surface area contributed by atoms with Gasteiger partial charge in [0.1, 0.15) is 6.79 Å². The second kappa shape index (κ2) is 5.85. The number of rotatable bonds is 6. The lowest BCUT2D eigenvalue weighted by molar-refractivity contribution is -0.0336. The smallest absolute Gasteiger partial charge is 0.399 e.